The van der Waals surface area contributed by atoms with Gasteiger partial charge in [-0.3, -0.25) is 0 Å². The molecule has 0 amide bonds. The number of allylic oxidation sites excluding steroid dienone is 2. The van der Waals surface area contributed by atoms with Gasteiger partial charge in [0.15, 0.2) is 0 Å². The summed E-state index contributed by atoms with van der Waals surface area (Å²) >= 11 is 0. The molecule has 1 fully saturated rings. The number of epoxide rings is 1. The summed E-state index contributed by atoms with van der Waals surface area (Å²) in [5.41, 5.74) is 1.28. The van der Waals surface area contributed by atoms with Gasteiger partial charge in [-0.05, 0) is 37.5 Å². The maximum Gasteiger partial charge on any atom is 0.123 e. The third-order valence-corrected chi connectivity index (χ3v) is 3.08. The number of benzene rings is 1. The molecule has 0 aromatic heterocycles. The quantitative estimate of drug-likeness (QED) is 0.540. The van der Waals surface area contributed by atoms with Crippen LogP contribution in [0.15, 0.2) is 36.4 Å². The molecule has 1 aromatic rings. The zero-order valence-electron chi connectivity index (χ0n) is 11.3. The van der Waals surface area contributed by atoms with Gasteiger partial charge in [-0.1, -0.05) is 37.6 Å². The third-order valence-electron chi connectivity index (χ3n) is 3.08. The normalized spacial score (nSPS) is 22.3. The van der Waals surface area contributed by atoms with Crippen molar-refractivity contribution in [3.05, 3.63) is 42.0 Å². The van der Waals surface area contributed by atoms with Gasteiger partial charge < -0.3 is 9.47 Å². The molecule has 2 nitrogen and oxygen atoms in total. The van der Waals surface area contributed by atoms with Crippen LogP contribution in [0.25, 0.3) is 0 Å². The van der Waals surface area contributed by atoms with E-state index >= 15 is 0 Å². The van der Waals surface area contributed by atoms with Crippen molar-refractivity contribution in [1.29, 1.82) is 0 Å². The van der Waals surface area contributed by atoms with E-state index in [4.69, 9.17) is 9.47 Å². The van der Waals surface area contributed by atoms with Crippen molar-refractivity contribution in [3.63, 3.8) is 0 Å². The van der Waals surface area contributed by atoms with Gasteiger partial charge >= 0.3 is 0 Å². The molecular formula is C16H22O2. The number of unbranched alkanes of at least 4 members (excludes halogenated alkanes) is 1. The van der Waals surface area contributed by atoms with Crippen molar-refractivity contribution in [2.24, 2.45) is 0 Å². The summed E-state index contributed by atoms with van der Waals surface area (Å²) in [4.78, 5) is 0. The largest absolute Gasteiger partial charge is 0.491 e. The van der Waals surface area contributed by atoms with Crippen molar-refractivity contribution in [1.82, 2.24) is 0 Å². The first-order valence-corrected chi connectivity index (χ1v) is 6.72. The molecule has 1 unspecified atom stereocenters. The van der Waals surface area contributed by atoms with Crippen LogP contribution in [0.4, 0.5) is 0 Å². The van der Waals surface area contributed by atoms with Crippen molar-refractivity contribution >= 4 is 0 Å². The summed E-state index contributed by atoms with van der Waals surface area (Å²) in [6, 6.07) is 8.33. The molecule has 18 heavy (non-hydrogen) atoms. The van der Waals surface area contributed by atoms with Crippen molar-refractivity contribution in [2.75, 3.05) is 13.2 Å². The van der Waals surface area contributed by atoms with Crippen molar-refractivity contribution in [3.8, 4) is 5.75 Å². The smallest absolute Gasteiger partial charge is 0.123 e. The number of hydrogen-bond donors (Lipinski definition) is 0. The Morgan fingerprint density at radius 3 is 2.61 bits per heavy atom. The monoisotopic (exact) mass is 246 g/mol. The van der Waals surface area contributed by atoms with Gasteiger partial charge in [0, 0.05) is 0 Å². The molecule has 0 radical (unpaired) electrons. The Morgan fingerprint density at radius 1 is 1.28 bits per heavy atom. The van der Waals surface area contributed by atoms with Gasteiger partial charge in [-0.2, -0.15) is 0 Å². The number of hydrogen-bond acceptors (Lipinski definition) is 2. The summed E-state index contributed by atoms with van der Waals surface area (Å²) in [7, 11) is 0. The summed E-state index contributed by atoms with van der Waals surface area (Å²) < 4.78 is 11.0. The number of ether oxygens (including phenoxy) is 2. The fraction of sp³-hybridized carbons (Fsp3) is 0.500. The highest BCUT2D eigenvalue weighted by Crippen LogP contribution is 2.26. The minimum absolute atomic E-state index is 0.0401. The minimum Gasteiger partial charge on any atom is -0.491 e. The molecule has 0 spiro atoms. The van der Waals surface area contributed by atoms with Crippen LogP contribution in [-0.2, 0) is 11.2 Å². The molecule has 98 valence electrons. The molecule has 1 aliphatic rings. The van der Waals surface area contributed by atoms with Crippen LogP contribution in [0.3, 0.4) is 0 Å². The molecule has 0 aliphatic carbocycles. The fourth-order valence-corrected chi connectivity index (χ4v) is 1.67. The Bertz CT molecular complexity index is 388. The fourth-order valence-electron chi connectivity index (χ4n) is 1.67. The standard InChI is InChI=1S/C16H22O2/c1-3-4-5-6-7-14-8-10-15(11-9-14)17-12-16(2)13-18-16/h5-6,8-11H,3-4,7,12-13H2,1-2H3/b6-5+. The molecular weight excluding hydrogens is 224 g/mol. The van der Waals surface area contributed by atoms with Crippen LogP contribution < -0.4 is 4.74 Å². The first kappa shape index (κ1) is 13.2. The molecule has 0 bridgehead atoms. The van der Waals surface area contributed by atoms with E-state index in [1.807, 2.05) is 12.1 Å². The van der Waals surface area contributed by atoms with Crippen LogP contribution in [0.5, 0.6) is 5.75 Å². The molecule has 0 saturated carbocycles. The van der Waals surface area contributed by atoms with Gasteiger partial charge in [-0.15, -0.1) is 0 Å². The molecule has 1 aromatic carbocycles. The van der Waals surface area contributed by atoms with E-state index in [9.17, 15) is 0 Å². The van der Waals surface area contributed by atoms with E-state index in [0.29, 0.717) is 6.61 Å². The van der Waals surface area contributed by atoms with E-state index in [2.05, 4.69) is 38.1 Å². The molecule has 1 heterocycles. The molecule has 1 atom stereocenters. The lowest BCUT2D eigenvalue weighted by molar-refractivity contribution is 0.202. The van der Waals surface area contributed by atoms with E-state index < -0.39 is 0 Å². The second-order valence-corrected chi connectivity index (χ2v) is 5.14. The molecule has 2 heteroatoms. The van der Waals surface area contributed by atoms with Crippen LogP contribution >= 0.6 is 0 Å². The van der Waals surface area contributed by atoms with Crippen LogP contribution in [0, 0.1) is 0 Å². The predicted octanol–water partition coefficient (Wildman–Crippen LogP) is 3.75. The Kier molecular flexibility index (Phi) is 4.43. The summed E-state index contributed by atoms with van der Waals surface area (Å²) in [5, 5.41) is 0. The highest BCUT2D eigenvalue weighted by atomic mass is 16.6. The van der Waals surface area contributed by atoms with E-state index in [1.54, 1.807) is 0 Å². The van der Waals surface area contributed by atoms with Crippen LogP contribution in [0.2, 0.25) is 0 Å². The van der Waals surface area contributed by atoms with Gasteiger partial charge in [0.1, 0.15) is 18.0 Å². The lowest BCUT2D eigenvalue weighted by Crippen LogP contribution is -2.16. The number of rotatable bonds is 7. The average molecular weight is 246 g/mol. The Morgan fingerprint density at radius 2 is 2.00 bits per heavy atom. The van der Waals surface area contributed by atoms with Crippen molar-refractivity contribution in [2.45, 2.75) is 38.7 Å². The lowest BCUT2D eigenvalue weighted by Gasteiger charge is -2.08. The zero-order valence-corrected chi connectivity index (χ0v) is 11.3. The second kappa shape index (κ2) is 6.05. The van der Waals surface area contributed by atoms with Crippen LogP contribution in [0.1, 0.15) is 32.3 Å². The highest BCUT2D eigenvalue weighted by Gasteiger charge is 2.40. The Balaban J connectivity index is 1.77. The summed E-state index contributed by atoms with van der Waals surface area (Å²) in [6.45, 7) is 5.72. The van der Waals surface area contributed by atoms with Gasteiger partial charge in [0.25, 0.3) is 0 Å². The predicted molar refractivity (Wildman–Crippen MR) is 74.0 cm³/mol. The first-order valence-electron chi connectivity index (χ1n) is 6.72. The molecule has 1 aliphatic heterocycles. The van der Waals surface area contributed by atoms with E-state index in [-0.39, 0.29) is 5.60 Å². The zero-order chi connectivity index (χ0) is 12.8. The van der Waals surface area contributed by atoms with Gasteiger partial charge in [-0.25, -0.2) is 0 Å². The lowest BCUT2D eigenvalue weighted by atomic mass is 10.1. The van der Waals surface area contributed by atoms with E-state index in [0.717, 1.165) is 18.8 Å². The first-order chi connectivity index (χ1) is 8.72. The topological polar surface area (TPSA) is 21.8 Å². The Hall–Kier alpha value is -1.28. The van der Waals surface area contributed by atoms with E-state index in [1.165, 1.54) is 18.4 Å². The van der Waals surface area contributed by atoms with Crippen LogP contribution in [-0.4, -0.2) is 18.8 Å². The summed E-state index contributed by atoms with van der Waals surface area (Å²) in [5.74, 6) is 0.924. The SMILES string of the molecule is CCC/C=C/Cc1ccc(OCC2(C)CO2)cc1. The van der Waals surface area contributed by atoms with Gasteiger partial charge in [0.2, 0.25) is 0 Å². The third kappa shape index (κ3) is 4.19. The summed E-state index contributed by atoms with van der Waals surface area (Å²) in [6.07, 6.45) is 7.86. The maximum atomic E-state index is 5.69. The molecule has 2 rings (SSSR count). The minimum atomic E-state index is -0.0401. The van der Waals surface area contributed by atoms with Gasteiger partial charge in [0.05, 0.1) is 6.61 Å². The maximum absolute atomic E-state index is 5.69. The Labute approximate surface area is 110 Å². The average Bonchev–Trinajstić information content (AvgIpc) is 3.12. The molecule has 0 N–H and O–H groups in total. The van der Waals surface area contributed by atoms with Crippen molar-refractivity contribution < 1.29 is 9.47 Å². The molecule has 1 saturated heterocycles. The second-order valence-electron chi connectivity index (χ2n) is 5.14. The highest BCUT2D eigenvalue weighted by molar-refractivity contribution is 5.28.